The highest BCUT2D eigenvalue weighted by atomic mass is 79.9. The van der Waals surface area contributed by atoms with Gasteiger partial charge >= 0.3 is 6.18 Å². The van der Waals surface area contributed by atoms with E-state index in [4.69, 9.17) is 0 Å². The van der Waals surface area contributed by atoms with Crippen molar-refractivity contribution in [3.8, 4) is 0 Å². The van der Waals surface area contributed by atoms with Crippen LogP contribution in [-0.4, -0.2) is 22.6 Å². The van der Waals surface area contributed by atoms with E-state index in [0.29, 0.717) is 12.2 Å². The number of nitrogens with one attached hydrogen (secondary N) is 1. The summed E-state index contributed by atoms with van der Waals surface area (Å²) in [6, 6.07) is 2.89. The number of carbonyl (C=O) groups excluding carboxylic acids is 1. The largest absolute Gasteiger partial charge is 0.416 e. The molecule has 112 valence electrons. The van der Waals surface area contributed by atoms with Crippen LogP contribution in [0.15, 0.2) is 33.6 Å². The second kappa shape index (κ2) is 6.25. The van der Waals surface area contributed by atoms with Crippen molar-refractivity contribution in [2.45, 2.75) is 12.6 Å². The van der Waals surface area contributed by atoms with Crippen molar-refractivity contribution in [1.82, 2.24) is 15.5 Å². The van der Waals surface area contributed by atoms with Gasteiger partial charge in [-0.3, -0.25) is 4.79 Å². The maximum Gasteiger partial charge on any atom is 0.416 e. The first-order valence-electron chi connectivity index (χ1n) is 5.78. The SMILES string of the molecule is O=C(NCCc1ncon1)c1cc(C(F)(F)F)ccc1Br. The van der Waals surface area contributed by atoms with Gasteiger partial charge in [-0.25, -0.2) is 0 Å². The topological polar surface area (TPSA) is 68.0 Å². The Labute approximate surface area is 125 Å². The summed E-state index contributed by atoms with van der Waals surface area (Å²) in [4.78, 5) is 15.7. The number of rotatable bonds is 4. The van der Waals surface area contributed by atoms with E-state index in [1.807, 2.05) is 0 Å². The minimum atomic E-state index is -4.50. The molecule has 5 nitrogen and oxygen atoms in total. The van der Waals surface area contributed by atoms with Gasteiger partial charge in [-0.15, -0.1) is 0 Å². The lowest BCUT2D eigenvalue weighted by Gasteiger charge is -2.10. The van der Waals surface area contributed by atoms with E-state index >= 15 is 0 Å². The van der Waals surface area contributed by atoms with Crippen LogP contribution in [-0.2, 0) is 12.6 Å². The number of halogens is 4. The molecule has 1 aromatic heterocycles. The number of alkyl halides is 3. The van der Waals surface area contributed by atoms with Gasteiger partial charge in [0.05, 0.1) is 11.1 Å². The minimum Gasteiger partial charge on any atom is -0.352 e. The van der Waals surface area contributed by atoms with Crippen LogP contribution in [0.1, 0.15) is 21.7 Å². The summed E-state index contributed by atoms with van der Waals surface area (Å²) in [6.07, 6.45) is -3.03. The van der Waals surface area contributed by atoms with Gasteiger partial charge in [-0.1, -0.05) is 5.16 Å². The zero-order valence-electron chi connectivity index (χ0n) is 10.4. The Hall–Kier alpha value is -1.90. The monoisotopic (exact) mass is 363 g/mol. The van der Waals surface area contributed by atoms with E-state index in [1.54, 1.807) is 0 Å². The molecule has 0 aliphatic heterocycles. The second-order valence-electron chi connectivity index (χ2n) is 4.05. The zero-order valence-corrected chi connectivity index (χ0v) is 12.0. The molecule has 21 heavy (non-hydrogen) atoms. The van der Waals surface area contributed by atoms with Gasteiger partial charge in [-0.2, -0.15) is 18.2 Å². The predicted octanol–water partition coefficient (Wildman–Crippen LogP) is 2.82. The van der Waals surface area contributed by atoms with Crippen LogP contribution in [0.5, 0.6) is 0 Å². The molecule has 1 N–H and O–H groups in total. The fraction of sp³-hybridized carbons (Fsp3) is 0.250. The Morgan fingerprint density at radius 1 is 1.38 bits per heavy atom. The van der Waals surface area contributed by atoms with Crippen molar-refractivity contribution in [3.63, 3.8) is 0 Å². The third-order valence-corrected chi connectivity index (χ3v) is 3.27. The van der Waals surface area contributed by atoms with Gasteiger partial charge in [0.2, 0.25) is 6.39 Å². The standard InChI is InChI=1S/C12H9BrF3N3O2/c13-9-2-1-7(12(14,15)16)5-8(9)11(20)17-4-3-10-18-6-21-19-10/h1-2,5-6H,3-4H2,(H,17,20). The summed E-state index contributed by atoms with van der Waals surface area (Å²) in [6.45, 7) is 0.182. The fourth-order valence-corrected chi connectivity index (χ4v) is 1.99. The van der Waals surface area contributed by atoms with Gasteiger partial charge in [-0.05, 0) is 34.1 Å². The molecule has 0 fully saturated rings. The van der Waals surface area contributed by atoms with Crippen LogP contribution in [0.25, 0.3) is 0 Å². The molecule has 0 unspecified atom stereocenters. The molecule has 2 aromatic rings. The van der Waals surface area contributed by atoms with E-state index < -0.39 is 17.6 Å². The molecule has 0 spiro atoms. The molecule has 0 aliphatic carbocycles. The highest BCUT2D eigenvalue weighted by Crippen LogP contribution is 2.31. The first-order valence-corrected chi connectivity index (χ1v) is 6.57. The van der Waals surface area contributed by atoms with E-state index in [1.165, 1.54) is 6.07 Å². The molecule has 0 saturated carbocycles. The van der Waals surface area contributed by atoms with Crippen LogP contribution in [0, 0.1) is 0 Å². The molecule has 1 amide bonds. The number of carbonyl (C=O) groups is 1. The summed E-state index contributed by atoms with van der Waals surface area (Å²) in [5.74, 6) is -0.213. The lowest BCUT2D eigenvalue weighted by Crippen LogP contribution is -2.26. The quantitative estimate of drug-likeness (QED) is 0.906. The maximum atomic E-state index is 12.6. The van der Waals surface area contributed by atoms with Gasteiger partial charge in [0.25, 0.3) is 5.91 Å². The molecule has 0 atom stereocenters. The molecule has 0 radical (unpaired) electrons. The first kappa shape index (κ1) is 15.5. The molecule has 0 saturated heterocycles. The van der Waals surface area contributed by atoms with Gasteiger partial charge in [0.1, 0.15) is 0 Å². The Morgan fingerprint density at radius 3 is 2.76 bits per heavy atom. The smallest absolute Gasteiger partial charge is 0.352 e. The number of aromatic nitrogens is 2. The van der Waals surface area contributed by atoms with Crippen molar-refractivity contribution in [1.29, 1.82) is 0 Å². The third-order valence-electron chi connectivity index (χ3n) is 2.58. The van der Waals surface area contributed by atoms with Gasteiger partial charge in [0.15, 0.2) is 5.82 Å². The minimum absolute atomic E-state index is 0.0852. The van der Waals surface area contributed by atoms with Crippen molar-refractivity contribution in [3.05, 3.63) is 46.0 Å². The van der Waals surface area contributed by atoms with Crippen LogP contribution in [0.4, 0.5) is 13.2 Å². The molecule has 0 bridgehead atoms. The van der Waals surface area contributed by atoms with Crippen LogP contribution in [0.2, 0.25) is 0 Å². The van der Waals surface area contributed by atoms with E-state index in [9.17, 15) is 18.0 Å². The normalized spacial score (nSPS) is 11.4. The number of amides is 1. The molecule has 1 aromatic carbocycles. The van der Waals surface area contributed by atoms with Crippen LogP contribution in [0.3, 0.4) is 0 Å². The summed E-state index contributed by atoms with van der Waals surface area (Å²) in [5, 5.41) is 6.05. The lowest BCUT2D eigenvalue weighted by molar-refractivity contribution is -0.137. The zero-order chi connectivity index (χ0) is 15.5. The van der Waals surface area contributed by atoms with Crippen molar-refractivity contribution in [2.24, 2.45) is 0 Å². The van der Waals surface area contributed by atoms with Crippen LogP contribution < -0.4 is 5.32 Å². The Balaban J connectivity index is 2.04. The first-order chi connectivity index (χ1) is 9.88. The van der Waals surface area contributed by atoms with Crippen molar-refractivity contribution < 1.29 is 22.5 Å². The molecule has 9 heteroatoms. The number of hydrogen-bond acceptors (Lipinski definition) is 4. The van der Waals surface area contributed by atoms with Crippen molar-refractivity contribution >= 4 is 21.8 Å². The Kier molecular flexibility index (Phi) is 4.61. The molecule has 1 heterocycles. The van der Waals surface area contributed by atoms with E-state index in [0.717, 1.165) is 18.5 Å². The number of nitrogens with zero attached hydrogens (tertiary/aromatic N) is 2. The van der Waals surface area contributed by atoms with Crippen molar-refractivity contribution in [2.75, 3.05) is 6.54 Å². The second-order valence-corrected chi connectivity index (χ2v) is 4.90. The summed E-state index contributed by atoms with van der Waals surface area (Å²) in [5.41, 5.74) is -0.966. The van der Waals surface area contributed by atoms with E-state index in [2.05, 4.69) is 35.9 Å². The molecular formula is C12H9BrF3N3O2. The average molecular weight is 364 g/mol. The van der Waals surface area contributed by atoms with Gasteiger partial charge < -0.3 is 9.84 Å². The number of hydrogen-bond donors (Lipinski definition) is 1. The molecule has 2 rings (SSSR count). The average Bonchev–Trinajstić information content (AvgIpc) is 2.91. The fourth-order valence-electron chi connectivity index (χ4n) is 1.56. The predicted molar refractivity (Wildman–Crippen MR) is 69.5 cm³/mol. The Bertz CT molecular complexity index is 629. The summed E-state index contributed by atoms with van der Waals surface area (Å²) < 4.78 is 42.7. The van der Waals surface area contributed by atoms with E-state index in [-0.39, 0.29) is 16.6 Å². The number of benzene rings is 1. The van der Waals surface area contributed by atoms with Crippen LogP contribution >= 0.6 is 15.9 Å². The summed E-state index contributed by atoms with van der Waals surface area (Å²) in [7, 11) is 0. The summed E-state index contributed by atoms with van der Waals surface area (Å²) >= 11 is 3.06. The highest BCUT2D eigenvalue weighted by Gasteiger charge is 2.31. The maximum absolute atomic E-state index is 12.6. The third kappa shape index (κ3) is 4.03. The molecular weight excluding hydrogens is 355 g/mol. The van der Waals surface area contributed by atoms with Gasteiger partial charge in [0, 0.05) is 17.4 Å². The highest BCUT2D eigenvalue weighted by molar-refractivity contribution is 9.10. The Morgan fingerprint density at radius 2 is 2.14 bits per heavy atom. The molecule has 0 aliphatic rings. The lowest BCUT2D eigenvalue weighted by atomic mass is 10.1.